The maximum absolute atomic E-state index is 11.1. The van der Waals surface area contributed by atoms with Gasteiger partial charge in [0.25, 0.3) is 5.69 Å². The third-order valence-electron chi connectivity index (χ3n) is 2.56. The van der Waals surface area contributed by atoms with Gasteiger partial charge in [-0.3, -0.25) is 10.1 Å². The van der Waals surface area contributed by atoms with E-state index in [4.69, 9.17) is 5.11 Å². The normalized spacial score (nSPS) is 12.1. The minimum absolute atomic E-state index is 0.0413. The van der Waals surface area contributed by atoms with Gasteiger partial charge in [0.15, 0.2) is 0 Å². The molecule has 6 heteroatoms. The fourth-order valence-electron chi connectivity index (χ4n) is 1.67. The number of alkyl halides is 1. The largest absolute Gasteiger partial charge is 0.477 e. The van der Waals surface area contributed by atoms with E-state index in [9.17, 15) is 14.9 Å². The van der Waals surface area contributed by atoms with Crippen molar-refractivity contribution in [3.63, 3.8) is 0 Å². The number of hydrogen-bond donors (Lipinski definition) is 1. The van der Waals surface area contributed by atoms with Crippen molar-refractivity contribution in [2.24, 2.45) is 0 Å². The van der Waals surface area contributed by atoms with Gasteiger partial charge >= 0.3 is 5.97 Å². The lowest BCUT2D eigenvalue weighted by molar-refractivity contribution is -0.385. The van der Waals surface area contributed by atoms with Crippen LogP contribution >= 0.6 is 15.9 Å². The molecule has 1 N–H and O–H groups in total. The summed E-state index contributed by atoms with van der Waals surface area (Å²) in [5.74, 6) is -1.30. The van der Waals surface area contributed by atoms with Crippen LogP contribution < -0.4 is 0 Å². The first-order valence-corrected chi connectivity index (χ1v) is 6.17. The molecule has 1 unspecified atom stereocenters. The molecule has 92 valence electrons. The van der Waals surface area contributed by atoms with Gasteiger partial charge in [0.05, 0.1) is 4.92 Å². The highest BCUT2D eigenvalue weighted by molar-refractivity contribution is 9.09. The second-order valence-corrected chi connectivity index (χ2v) is 4.48. The van der Waals surface area contributed by atoms with E-state index < -0.39 is 10.9 Å². The van der Waals surface area contributed by atoms with Gasteiger partial charge in [-0.15, -0.1) is 0 Å². The van der Waals surface area contributed by atoms with E-state index in [1.165, 1.54) is 12.1 Å². The van der Waals surface area contributed by atoms with E-state index in [-0.39, 0.29) is 17.2 Å². The maximum atomic E-state index is 11.1. The molecule has 1 aromatic carbocycles. The molecular weight excluding hydrogens is 290 g/mol. The standard InChI is InChI=1S/C11H12BrNO4/c1-7(5-6-12)8-3-2-4-9(13(16)17)10(8)11(14)15/h2-4,7H,5-6H2,1H3,(H,14,15). The minimum atomic E-state index is -1.26. The molecule has 0 aromatic heterocycles. The topological polar surface area (TPSA) is 80.4 Å². The highest BCUT2D eigenvalue weighted by atomic mass is 79.9. The minimum Gasteiger partial charge on any atom is -0.477 e. The van der Waals surface area contributed by atoms with Gasteiger partial charge in [-0.1, -0.05) is 35.0 Å². The second kappa shape index (κ2) is 5.77. The van der Waals surface area contributed by atoms with Crippen molar-refractivity contribution in [1.82, 2.24) is 0 Å². The van der Waals surface area contributed by atoms with Crippen molar-refractivity contribution in [3.8, 4) is 0 Å². The third-order valence-corrected chi connectivity index (χ3v) is 3.02. The van der Waals surface area contributed by atoms with E-state index >= 15 is 0 Å². The van der Waals surface area contributed by atoms with Crippen LogP contribution in [-0.4, -0.2) is 21.3 Å². The van der Waals surface area contributed by atoms with Crippen molar-refractivity contribution in [2.45, 2.75) is 19.3 Å². The quantitative estimate of drug-likeness (QED) is 0.514. The molecule has 0 aliphatic heterocycles. The molecular formula is C11H12BrNO4. The molecule has 0 heterocycles. The number of hydrogen-bond acceptors (Lipinski definition) is 3. The molecule has 0 radical (unpaired) electrons. The molecule has 1 atom stereocenters. The Bertz CT molecular complexity index is 447. The number of carboxylic acid groups (broad SMARTS) is 1. The molecule has 0 saturated carbocycles. The highest BCUT2D eigenvalue weighted by Crippen LogP contribution is 2.29. The van der Waals surface area contributed by atoms with Gasteiger partial charge in [-0.05, 0) is 17.9 Å². The summed E-state index contributed by atoms with van der Waals surface area (Å²) in [4.78, 5) is 21.3. The fourth-order valence-corrected chi connectivity index (χ4v) is 2.36. The lowest BCUT2D eigenvalue weighted by atomic mass is 9.92. The number of aromatic carboxylic acids is 1. The van der Waals surface area contributed by atoms with Crippen LogP contribution in [0.1, 0.15) is 35.2 Å². The Kier molecular flexibility index (Phi) is 4.62. The number of nitrogens with zero attached hydrogens (tertiary/aromatic N) is 1. The summed E-state index contributed by atoms with van der Waals surface area (Å²) in [7, 11) is 0. The number of carbonyl (C=O) groups is 1. The van der Waals surface area contributed by atoms with Crippen molar-refractivity contribution in [2.75, 3.05) is 5.33 Å². The molecule has 1 rings (SSSR count). The summed E-state index contributed by atoms with van der Waals surface area (Å²) in [5.41, 5.74) is -0.0477. The van der Waals surface area contributed by atoms with E-state index in [0.29, 0.717) is 5.56 Å². The SMILES string of the molecule is CC(CCBr)c1cccc([N+](=O)[O-])c1C(=O)O. The first kappa shape index (κ1) is 13.6. The molecule has 5 nitrogen and oxygen atoms in total. The molecule has 0 spiro atoms. The smallest absolute Gasteiger partial charge is 0.343 e. The first-order valence-electron chi connectivity index (χ1n) is 5.05. The van der Waals surface area contributed by atoms with Gasteiger partial charge in [0, 0.05) is 11.4 Å². The summed E-state index contributed by atoms with van der Waals surface area (Å²) >= 11 is 3.28. The number of nitro groups is 1. The Balaban J connectivity index is 3.34. The van der Waals surface area contributed by atoms with Gasteiger partial charge in [0.2, 0.25) is 0 Å². The summed E-state index contributed by atoms with van der Waals surface area (Å²) in [6.45, 7) is 1.85. The zero-order valence-electron chi connectivity index (χ0n) is 9.22. The van der Waals surface area contributed by atoms with Crippen molar-refractivity contribution >= 4 is 27.6 Å². The van der Waals surface area contributed by atoms with Crippen molar-refractivity contribution in [1.29, 1.82) is 0 Å². The maximum Gasteiger partial charge on any atom is 0.343 e. The zero-order chi connectivity index (χ0) is 13.0. The molecule has 0 saturated heterocycles. The predicted octanol–water partition coefficient (Wildman–Crippen LogP) is 3.18. The van der Waals surface area contributed by atoms with Crippen LogP contribution in [0, 0.1) is 10.1 Å². The molecule has 1 aromatic rings. The number of benzene rings is 1. The van der Waals surface area contributed by atoms with Gasteiger partial charge in [0.1, 0.15) is 5.56 Å². The number of rotatable bonds is 5. The molecule has 0 fully saturated rings. The van der Waals surface area contributed by atoms with Crippen molar-refractivity contribution < 1.29 is 14.8 Å². The first-order chi connectivity index (χ1) is 7.99. The van der Waals surface area contributed by atoms with Gasteiger partial charge in [-0.25, -0.2) is 4.79 Å². The Morgan fingerprint density at radius 3 is 2.71 bits per heavy atom. The van der Waals surface area contributed by atoms with E-state index in [1.807, 2.05) is 6.92 Å². The average Bonchev–Trinajstić information content (AvgIpc) is 2.28. The third kappa shape index (κ3) is 3.03. The Morgan fingerprint density at radius 1 is 1.59 bits per heavy atom. The number of nitro benzene ring substituents is 1. The van der Waals surface area contributed by atoms with Gasteiger partial charge < -0.3 is 5.11 Å². The van der Waals surface area contributed by atoms with Crippen LogP contribution in [0.3, 0.4) is 0 Å². The van der Waals surface area contributed by atoms with Crippen LogP contribution in [0.4, 0.5) is 5.69 Å². The monoisotopic (exact) mass is 301 g/mol. The van der Waals surface area contributed by atoms with Crippen LogP contribution in [0.25, 0.3) is 0 Å². The number of halogens is 1. The summed E-state index contributed by atoms with van der Waals surface area (Å²) < 4.78 is 0. The van der Waals surface area contributed by atoms with Gasteiger partial charge in [-0.2, -0.15) is 0 Å². The molecule has 0 bridgehead atoms. The van der Waals surface area contributed by atoms with Crippen LogP contribution in [0.2, 0.25) is 0 Å². The van der Waals surface area contributed by atoms with E-state index in [1.54, 1.807) is 6.07 Å². The fraction of sp³-hybridized carbons (Fsp3) is 0.364. The van der Waals surface area contributed by atoms with Crippen molar-refractivity contribution in [3.05, 3.63) is 39.4 Å². The summed E-state index contributed by atoms with van der Waals surface area (Å²) in [6.07, 6.45) is 0.724. The zero-order valence-corrected chi connectivity index (χ0v) is 10.8. The van der Waals surface area contributed by atoms with Crippen LogP contribution in [-0.2, 0) is 0 Å². The second-order valence-electron chi connectivity index (χ2n) is 3.68. The van der Waals surface area contributed by atoms with Crippen LogP contribution in [0.5, 0.6) is 0 Å². The Hall–Kier alpha value is -1.43. The predicted molar refractivity (Wildman–Crippen MR) is 66.9 cm³/mol. The summed E-state index contributed by atoms with van der Waals surface area (Å²) in [6, 6.07) is 4.36. The van der Waals surface area contributed by atoms with Crippen LogP contribution in [0.15, 0.2) is 18.2 Å². The molecule has 17 heavy (non-hydrogen) atoms. The Labute approximate surface area is 107 Å². The average molecular weight is 302 g/mol. The molecule has 0 aliphatic rings. The highest BCUT2D eigenvalue weighted by Gasteiger charge is 2.25. The Morgan fingerprint density at radius 2 is 2.24 bits per heavy atom. The summed E-state index contributed by atoms with van der Waals surface area (Å²) in [5, 5.41) is 20.6. The number of carboxylic acids is 1. The lowest BCUT2D eigenvalue weighted by Crippen LogP contribution is -2.09. The molecule has 0 aliphatic carbocycles. The lowest BCUT2D eigenvalue weighted by Gasteiger charge is -2.13. The molecule has 0 amide bonds. The van der Waals surface area contributed by atoms with E-state index in [0.717, 1.165) is 11.8 Å². The van der Waals surface area contributed by atoms with E-state index in [2.05, 4.69) is 15.9 Å².